The number of hydrogen-bond acceptors (Lipinski definition) is 4. The monoisotopic (exact) mass is 299 g/mol. The van der Waals surface area contributed by atoms with Crippen molar-refractivity contribution in [2.45, 2.75) is 38.5 Å². The van der Waals surface area contributed by atoms with Gasteiger partial charge in [-0.15, -0.1) is 0 Å². The Morgan fingerprint density at radius 1 is 1.23 bits per heavy atom. The van der Waals surface area contributed by atoms with Crippen LogP contribution < -0.4 is 0 Å². The van der Waals surface area contributed by atoms with Gasteiger partial charge in [-0.3, -0.25) is 9.88 Å². The zero-order valence-corrected chi connectivity index (χ0v) is 13.1. The molecule has 1 aliphatic heterocycles. The average Bonchev–Trinajstić information content (AvgIpc) is 2.61. The first-order valence-corrected chi connectivity index (χ1v) is 8.38. The van der Waals surface area contributed by atoms with Crippen LogP contribution in [-0.4, -0.2) is 40.4 Å². The van der Waals surface area contributed by atoms with Crippen LogP contribution in [0.25, 0.3) is 5.57 Å². The van der Waals surface area contributed by atoms with Gasteiger partial charge in [-0.1, -0.05) is 17.3 Å². The summed E-state index contributed by atoms with van der Waals surface area (Å²) in [5, 5.41) is 12.2. The summed E-state index contributed by atoms with van der Waals surface area (Å²) < 4.78 is 0. The quantitative estimate of drug-likeness (QED) is 0.683. The van der Waals surface area contributed by atoms with Crippen molar-refractivity contribution in [3.8, 4) is 0 Å². The molecular weight excluding hydrogens is 274 g/mol. The van der Waals surface area contributed by atoms with Crippen molar-refractivity contribution >= 4 is 11.3 Å². The Morgan fingerprint density at radius 2 is 2.09 bits per heavy atom. The highest BCUT2D eigenvalue weighted by molar-refractivity contribution is 5.84. The zero-order chi connectivity index (χ0) is 15.2. The minimum Gasteiger partial charge on any atom is -0.411 e. The largest absolute Gasteiger partial charge is 0.411 e. The van der Waals surface area contributed by atoms with Crippen molar-refractivity contribution < 1.29 is 5.21 Å². The molecule has 1 aromatic heterocycles. The Kier molecular flexibility index (Phi) is 5.22. The molecule has 22 heavy (non-hydrogen) atoms. The summed E-state index contributed by atoms with van der Waals surface area (Å²) in [6.07, 6.45) is 10.9. The summed E-state index contributed by atoms with van der Waals surface area (Å²) in [4.78, 5) is 6.99. The SMILES string of the molecule is ON=C1CCC(CCN2CC=C(c3ccccn3)CC2)CC1. The predicted octanol–water partition coefficient (Wildman–Crippen LogP) is 3.58. The van der Waals surface area contributed by atoms with Crippen LogP contribution in [0.5, 0.6) is 0 Å². The molecule has 4 heteroatoms. The van der Waals surface area contributed by atoms with Crippen LogP contribution in [0, 0.1) is 5.92 Å². The van der Waals surface area contributed by atoms with Crippen molar-refractivity contribution in [1.29, 1.82) is 0 Å². The number of pyridine rings is 1. The van der Waals surface area contributed by atoms with Crippen molar-refractivity contribution in [1.82, 2.24) is 9.88 Å². The molecule has 0 unspecified atom stereocenters. The molecule has 4 nitrogen and oxygen atoms in total. The van der Waals surface area contributed by atoms with E-state index in [4.69, 9.17) is 5.21 Å². The predicted molar refractivity (Wildman–Crippen MR) is 89.1 cm³/mol. The summed E-state index contributed by atoms with van der Waals surface area (Å²) in [5.41, 5.74) is 3.50. The molecule has 118 valence electrons. The van der Waals surface area contributed by atoms with Crippen LogP contribution in [0.1, 0.15) is 44.2 Å². The molecule has 0 bridgehead atoms. The Morgan fingerprint density at radius 3 is 2.73 bits per heavy atom. The van der Waals surface area contributed by atoms with Crippen molar-refractivity contribution in [3.63, 3.8) is 0 Å². The van der Waals surface area contributed by atoms with Crippen molar-refractivity contribution in [2.75, 3.05) is 19.6 Å². The van der Waals surface area contributed by atoms with E-state index in [0.717, 1.165) is 49.7 Å². The molecule has 0 amide bonds. The third-order valence-electron chi connectivity index (χ3n) is 4.96. The fraction of sp³-hybridized carbons (Fsp3) is 0.556. The van der Waals surface area contributed by atoms with Crippen molar-refractivity contribution in [3.05, 3.63) is 36.2 Å². The van der Waals surface area contributed by atoms with E-state index in [2.05, 4.69) is 33.2 Å². The van der Waals surface area contributed by atoms with Crippen LogP contribution in [-0.2, 0) is 0 Å². The number of aromatic nitrogens is 1. The average molecular weight is 299 g/mol. The highest BCUT2D eigenvalue weighted by Gasteiger charge is 2.20. The maximum Gasteiger partial charge on any atom is 0.0659 e. The molecule has 0 spiro atoms. The minimum absolute atomic E-state index is 0.798. The summed E-state index contributed by atoms with van der Waals surface area (Å²) in [7, 11) is 0. The smallest absolute Gasteiger partial charge is 0.0659 e. The van der Waals surface area contributed by atoms with Crippen LogP contribution in [0.15, 0.2) is 35.6 Å². The van der Waals surface area contributed by atoms with E-state index < -0.39 is 0 Å². The third kappa shape index (κ3) is 3.95. The third-order valence-corrected chi connectivity index (χ3v) is 4.96. The molecule has 0 radical (unpaired) electrons. The lowest BCUT2D eigenvalue weighted by atomic mass is 9.85. The topological polar surface area (TPSA) is 48.7 Å². The first-order valence-electron chi connectivity index (χ1n) is 8.38. The summed E-state index contributed by atoms with van der Waals surface area (Å²) >= 11 is 0. The maximum absolute atomic E-state index is 8.80. The van der Waals surface area contributed by atoms with Crippen LogP contribution >= 0.6 is 0 Å². The van der Waals surface area contributed by atoms with Gasteiger partial charge in [0.25, 0.3) is 0 Å². The van der Waals surface area contributed by atoms with E-state index in [1.54, 1.807) is 0 Å². The summed E-state index contributed by atoms with van der Waals surface area (Å²) in [6.45, 7) is 3.36. The van der Waals surface area contributed by atoms with Gasteiger partial charge in [0.15, 0.2) is 0 Å². The molecule has 0 atom stereocenters. The number of hydrogen-bond donors (Lipinski definition) is 1. The molecule has 1 saturated carbocycles. The molecule has 1 aromatic rings. The maximum atomic E-state index is 8.80. The fourth-order valence-corrected chi connectivity index (χ4v) is 3.46. The molecule has 0 saturated heterocycles. The van der Waals surface area contributed by atoms with E-state index >= 15 is 0 Å². The van der Waals surface area contributed by atoms with Gasteiger partial charge in [0.1, 0.15) is 0 Å². The van der Waals surface area contributed by atoms with Gasteiger partial charge in [-0.05, 0) is 68.7 Å². The van der Waals surface area contributed by atoms with Crippen LogP contribution in [0.4, 0.5) is 0 Å². The zero-order valence-electron chi connectivity index (χ0n) is 13.1. The van der Waals surface area contributed by atoms with Gasteiger partial charge in [-0.25, -0.2) is 0 Å². The number of rotatable bonds is 4. The fourth-order valence-electron chi connectivity index (χ4n) is 3.46. The number of oxime groups is 1. The van der Waals surface area contributed by atoms with E-state index in [1.165, 1.54) is 31.4 Å². The van der Waals surface area contributed by atoms with Gasteiger partial charge in [0, 0.05) is 19.3 Å². The molecule has 1 N–H and O–H groups in total. The standard InChI is InChI=1S/C18H25N3O/c22-20-17-6-4-15(5-7-17)8-12-21-13-9-16(10-14-21)18-3-1-2-11-19-18/h1-3,9,11,15,22H,4-8,10,12-14H2. The molecule has 3 rings (SSSR count). The molecule has 0 aromatic carbocycles. The van der Waals surface area contributed by atoms with E-state index in [0.29, 0.717) is 0 Å². The Balaban J connectivity index is 1.43. The summed E-state index contributed by atoms with van der Waals surface area (Å²) in [6, 6.07) is 6.13. The first kappa shape index (κ1) is 15.2. The van der Waals surface area contributed by atoms with Gasteiger partial charge in [-0.2, -0.15) is 0 Å². The Hall–Kier alpha value is -1.68. The van der Waals surface area contributed by atoms with Gasteiger partial charge >= 0.3 is 0 Å². The van der Waals surface area contributed by atoms with E-state index in [-0.39, 0.29) is 0 Å². The summed E-state index contributed by atoms with van der Waals surface area (Å²) in [5.74, 6) is 0.798. The molecular formula is C18H25N3O. The number of nitrogens with zero attached hydrogens (tertiary/aromatic N) is 3. The van der Waals surface area contributed by atoms with E-state index in [9.17, 15) is 0 Å². The second kappa shape index (κ2) is 7.54. The van der Waals surface area contributed by atoms with Crippen LogP contribution in [0.3, 0.4) is 0 Å². The lowest BCUT2D eigenvalue weighted by molar-refractivity contribution is 0.260. The highest BCUT2D eigenvalue weighted by atomic mass is 16.4. The second-order valence-electron chi connectivity index (χ2n) is 6.39. The van der Waals surface area contributed by atoms with Crippen molar-refractivity contribution in [2.24, 2.45) is 11.1 Å². The second-order valence-corrected chi connectivity index (χ2v) is 6.39. The minimum atomic E-state index is 0.798. The Labute approximate surface area is 132 Å². The van der Waals surface area contributed by atoms with Gasteiger partial charge in [0.2, 0.25) is 0 Å². The lowest BCUT2D eigenvalue weighted by Crippen LogP contribution is -2.31. The Bertz CT molecular complexity index is 529. The molecule has 2 heterocycles. The van der Waals surface area contributed by atoms with Crippen LogP contribution in [0.2, 0.25) is 0 Å². The molecule has 2 aliphatic rings. The lowest BCUT2D eigenvalue weighted by Gasteiger charge is -2.29. The highest BCUT2D eigenvalue weighted by Crippen LogP contribution is 2.26. The van der Waals surface area contributed by atoms with Gasteiger partial charge in [0.05, 0.1) is 11.4 Å². The molecule has 1 fully saturated rings. The molecule has 1 aliphatic carbocycles. The first-order chi connectivity index (χ1) is 10.8. The van der Waals surface area contributed by atoms with E-state index in [1.807, 2.05) is 12.3 Å². The normalized spacial score (nSPS) is 23.2. The van der Waals surface area contributed by atoms with Gasteiger partial charge < -0.3 is 5.21 Å².